The molecule has 1 aliphatic rings. The zero-order chi connectivity index (χ0) is 19.7. The number of nitrogens with one attached hydrogen (secondary N) is 1. The first kappa shape index (κ1) is 17.7. The molecule has 1 saturated heterocycles. The second-order valence-corrected chi connectivity index (χ2v) is 6.50. The van der Waals surface area contributed by atoms with Crippen LogP contribution in [0.15, 0.2) is 53.5 Å². The van der Waals surface area contributed by atoms with Gasteiger partial charge in [-0.15, -0.1) is 0 Å². The maximum Gasteiger partial charge on any atom is 0.312 e. The topological polar surface area (TPSA) is 112 Å². The molecule has 3 heterocycles. The van der Waals surface area contributed by atoms with E-state index in [2.05, 4.69) is 9.97 Å². The van der Waals surface area contributed by atoms with Crippen molar-refractivity contribution in [3.63, 3.8) is 0 Å². The van der Waals surface area contributed by atoms with Crippen molar-refractivity contribution in [1.82, 2.24) is 14.9 Å². The first-order valence-electron chi connectivity index (χ1n) is 8.80. The number of carbonyl (C=O) groups excluding carboxylic acids is 1. The van der Waals surface area contributed by atoms with Crippen molar-refractivity contribution in [3.8, 4) is 0 Å². The van der Waals surface area contributed by atoms with Crippen LogP contribution >= 0.6 is 0 Å². The van der Waals surface area contributed by atoms with Crippen LogP contribution in [0, 0.1) is 10.1 Å². The van der Waals surface area contributed by atoms with Gasteiger partial charge < -0.3 is 14.8 Å². The van der Waals surface area contributed by atoms with E-state index in [1.165, 1.54) is 24.4 Å². The van der Waals surface area contributed by atoms with Crippen molar-refractivity contribution < 1.29 is 9.72 Å². The van der Waals surface area contributed by atoms with Crippen LogP contribution < -0.4 is 10.5 Å². The number of benzene rings is 1. The van der Waals surface area contributed by atoms with E-state index >= 15 is 0 Å². The molecule has 0 spiro atoms. The maximum absolute atomic E-state index is 12.6. The van der Waals surface area contributed by atoms with Gasteiger partial charge in [0.05, 0.1) is 16.0 Å². The van der Waals surface area contributed by atoms with Crippen LogP contribution in [-0.2, 0) is 0 Å². The highest BCUT2D eigenvalue weighted by molar-refractivity contribution is 5.94. The van der Waals surface area contributed by atoms with Gasteiger partial charge in [-0.05, 0) is 12.1 Å². The van der Waals surface area contributed by atoms with E-state index in [0.717, 1.165) is 0 Å². The summed E-state index contributed by atoms with van der Waals surface area (Å²) in [5, 5.41) is 12.3. The highest BCUT2D eigenvalue weighted by Gasteiger charge is 2.28. The average Bonchev–Trinajstić information content (AvgIpc) is 2.73. The van der Waals surface area contributed by atoms with Crippen LogP contribution in [0.4, 0.5) is 11.5 Å². The molecule has 2 aromatic heterocycles. The van der Waals surface area contributed by atoms with Gasteiger partial charge in [0.25, 0.3) is 5.91 Å². The lowest BCUT2D eigenvalue weighted by molar-refractivity contribution is -0.384. The van der Waals surface area contributed by atoms with Gasteiger partial charge in [0.2, 0.25) is 11.4 Å². The summed E-state index contributed by atoms with van der Waals surface area (Å²) in [5.41, 5.74) is 0.785. The summed E-state index contributed by atoms with van der Waals surface area (Å²) in [5.74, 6) is 0.136. The Labute approximate surface area is 159 Å². The first-order chi connectivity index (χ1) is 13.5. The molecule has 1 fully saturated rings. The Balaban J connectivity index is 1.55. The van der Waals surface area contributed by atoms with Gasteiger partial charge in [-0.2, -0.15) is 0 Å². The van der Waals surface area contributed by atoms with Gasteiger partial charge in [0.1, 0.15) is 0 Å². The third-order valence-corrected chi connectivity index (χ3v) is 4.78. The van der Waals surface area contributed by atoms with Gasteiger partial charge in [0, 0.05) is 49.9 Å². The number of nitrogens with zero attached hydrogens (tertiary/aromatic N) is 4. The number of hydrogen-bond donors (Lipinski definition) is 1. The van der Waals surface area contributed by atoms with Crippen LogP contribution in [0.2, 0.25) is 0 Å². The van der Waals surface area contributed by atoms with Crippen molar-refractivity contribution in [2.24, 2.45) is 0 Å². The van der Waals surface area contributed by atoms with Crippen molar-refractivity contribution in [2.75, 3.05) is 31.1 Å². The van der Waals surface area contributed by atoms with E-state index in [0.29, 0.717) is 48.5 Å². The van der Waals surface area contributed by atoms with Gasteiger partial charge >= 0.3 is 5.69 Å². The molecule has 3 aromatic rings. The van der Waals surface area contributed by atoms with Crippen LogP contribution in [0.25, 0.3) is 10.9 Å². The zero-order valence-corrected chi connectivity index (χ0v) is 14.9. The van der Waals surface area contributed by atoms with Crippen LogP contribution in [0.1, 0.15) is 10.4 Å². The van der Waals surface area contributed by atoms with Crippen molar-refractivity contribution >= 4 is 28.3 Å². The molecule has 0 radical (unpaired) electrons. The number of anilines is 1. The number of aromatic amines is 1. The molecule has 1 aliphatic heterocycles. The van der Waals surface area contributed by atoms with Crippen LogP contribution in [0.3, 0.4) is 0 Å². The van der Waals surface area contributed by atoms with E-state index < -0.39 is 4.92 Å². The summed E-state index contributed by atoms with van der Waals surface area (Å²) >= 11 is 0. The zero-order valence-electron chi connectivity index (χ0n) is 14.9. The lowest BCUT2D eigenvalue weighted by atomic mass is 10.2. The predicted molar refractivity (Wildman–Crippen MR) is 104 cm³/mol. The Kier molecular flexibility index (Phi) is 4.48. The molecule has 1 N–H and O–H groups in total. The van der Waals surface area contributed by atoms with E-state index in [-0.39, 0.29) is 17.2 Å². The number of fused-ring (bicyclic) bond motifs is 1. The fourth-order valence-electron chi connectivity index (χ4n) is 3.31. The number of H-pyrrole nitrogens is 1. The quantitative estimate of drug-likeness (QED) is 0.548. The van der Waals surface area contributed by atoms with Crippen LogP contribution in [0.5, 0.6) is 0 Å². The maximum atomic E-state index is 12.6. The molecular weight excluding hydrogens is 362 g/mol. The molecule has 0 aliphatic carbocycles. The molecule has 0 atom stereocenters. The normalized spacial score (nSPS) is 14.3. The molecule has 142 valence electrons. The molecular formula is C19H17N5O4. The minimum absolute atomic E-state index is 0.0425. The van der Waals surface area contributed by atoms with Crippen molar-refractivity contribution in [1.29, 1.82) is 0 Å². The fourth-order valence-corrected chi connectivity index (χ4v) is 3.31. The Hall–Kier alpha value is -3.75. The standard InChI is InChI=1S/C19H17N5O4/c25-17-6-5-14(12-20-17)19(26)23-9-7-22(8-10-23)18-16(24(27)28)11-13-3-1-2-4-15(13)21-18/h1-6,11-12H,7-10H2,(H,20,25). The molecule has 0 saturated carbocycles. The summed E-state index contributed by atoms with van der Waals surface area (Å²) in [4.78, 5) is 45.3. The minimum Gasteiger partial charge on any atom is -0.347 e. The summed E-state index contributed by atoms with van der Waals surface area (Å²) in [6, 6.07) is 11.6. The molecule has 1 aromatic carbocycles. The highest BCUT2D eigenvalue weighted by atomic mass is 16.6. The summed E-state index contributed by atoms with van der Waals surface area (Å²) < 4.78 is 0. The average molecular weight is 379 g/mol. The van der Waals surface area contributed by atoms with E-state index in [1.807, 2.05) is 23.1 Å². The number of amides is 1. The van der Waals surface area contributed by atoms with Crippen molar-refractivity contribution in [2.45, 2.75) is 0 Å². The van der Waals surface area contributed by atoms with E-state index in [9.17, 15) is 19.7 Å². The molecule has 9 nitrogen and oxygen atoms in total. The Morgan fingerprint density at radius 2 is 1.86 bits per heavy atom. The van der Waals surface area contributed by atoms with Gasteiger partial charge in [-0.1, -0.05) is 18.2 Å². The second kappa shape index (κ2) is 7.10. The molecule has 1 amide bonds. The Bertz CT molecular complexity index is 1100. The fraction of sp³-hybridized carbons (Fsp3) is 0.211. The molecule has 9 heteroatoms. The Morgan fingerprint density at radius 3 is 2.54 bits per heavy atom. The van der Waals surface area contributed by atoms with Crippen molar-refractivity contribution in [3.05, 3.63) is 74.7 Å². The molecule has 0 bridgehead atoms. The number of aromatic nitrogens is 2. The number of piperazine rings is 1. The summed E-state index contributed by atoms with van der Waals surface area (Å²) in [6.45, 7) is 1.68. The lowest BCUT2D eigenvalue weighted by Crippen LogP contribution is -2.49. The van der Waals surface area contributed by atoms with E-state index in [4.69, 9.17) is 0 Å². The number of hydrogen-bond acceptors (Lipinski definition) is 6. The number of rotatable bonds is 3. The molecule has 0 unspecified atom stereocenters. The number of para-hydroxylation sites is 1. The molecule has 28 heavy (non-hydrogen) atoms. The van der Waals surface area contributed by atoms with E-state index in [1.54, 1.807) is 11.0 Å². The molecule has 4 rings (SSSR count). The third kappa shape index (κ3) is 3.29. The van der Waals surface area contributed by atoms with Crippen LogP contribution in [-0.4, -0.2) is 51.9 Å². The lowest BCUT2D eigenvalue weighted by Gasteiger charge is -2.35. The number of nitro groups is 1. The highest BCUT2D eigenvalue weighted by Crippen LogP contribution is 2.30. The Morgan fingerprint density at radius 1 is 1.11 bits per heavy atom. The SMILES string of the molecule is O=C(c1ccc(=O)[nH]c1)N1CCN(c2nc3ccccc3cc2[N+](=O)[O-])CC1. The third-order valence-electron chi connectivity index (χ3n) is 4.78. The number of carbonyl (C=O) groups is 1. The second-order valence-electron chi connectivity index (χ2n) is 6.50. The smallest absolute Gasteiger partial charge is 0.312 e. The summed E-state index contributed by atoms with van der Waals surface area (Å²) in [7, 11) is 0. The minimum atomic E-state index is -0.424. The monoisotopic (exact) mass is 379 g/mol. The summed E-state index contributed by atoms with van der Waals surface area (Å²) in [6.07, 6.45) is 1.40. The largest absolute Gasteiger partial charge is 0.347 e. The van der Waals surface area contributed by atoms with Gasteiger partial charge in [0.15, 0.2) is 0 Å². The number of pyridine rings is 2. The van der Waals surface area contributed by atoms with Gasteiger partial charge in [-0.3, -0.25) is 19.7 Å². The van der Waals surface area contributed by atoms with Gasteiger partial charge in [-0.25, -0.2) is 4.98 Å². The first-order valence-corrected chi connectivity index (χ1v) is 8.80. The predicted octanol–water partition coefficient (Wildman–Crippen LogP) is 1.79.